The van der Waals surface area contributed by atoms with E-state index >= 15 is 0 Å². The number of amides is 1. The summed E-state index contributed by atoms with van der Waals surface area (Å²) in [6.45, 7) is 0. The second-order valence-electron chi connectivity index (χ2n) is 9.65. The number of hydrogen-bond acceptors (Lipinski definition) is 5. The number of H-pyrrole nitrogens is 2. The number of nitrogens with zero attached hydrogens (tertiary/aromatic N) is 4. The number of anilines is 1. The van der Waals surface area contributed by atoms with Crippen molar-refractivity contribution in [2.24, 2.45) is 0 Å². The van der Waals surface area contributed by atoms with Crippen molar-refractivity contribution in [1.82, 2.24) is 30.1 Å². The Kier molecular flexibility index (Phi) is 6.01. The number of carbonyl (C=O) groups is 1. The lowest BCUT2D eigenvalue weighted by atomic mass is 10.0. The summed E-state index contributed by atoms with van der Waals surface area (Å²) in [6, 6.07) is 24.0. The molecule has 4 heterocycles. The molecule has 0 aliphatic heterocycles. The lowest BCUT2D eigenvalue weighted by Gasteiger charge is -2.08. The van der Waals surface area contributed by atoms with Crippen LogP contribution in [0.4, 0.5) is 10.1 Å². The molecule has 4 aromatic heterocycles. The first-order chi connectivity index (χ1) is 20.1. The minimum Gasteiger partial charge on any atom is -0.335 e. The third-order valence-electron chi connectivity index (χ3n) is 6.91. The first-order valence-electron chi connectivity index (χ1n) is 13.0. The van der Waals surface area contributed by atoms with Gasteiger partial charge in [0.05, 0.1) is 35.5 Å². The van der Waals surface area contributed by atoms with E-state index in [1.165, 1.54) is 6.07 Å². The molecule has 0 spiro atoms. The van der Waals surface area contributed by atoms with Crippen molar-refractivity contribution in [3.63, 3.8) is 0 Å². The molecule has 0 fully saturated rings. The van der Waals surface area contributed by atoms with Gasteiger partial charge in [-0.3, -0.25) is 19.9 Å². The van der Waals surface area contributed by atoms with Crippen molar-refractivity contribution in [2.75, 3.05) is 5.32 Å². The molecule has 0 bridgehead atoms. The molecule has 8 nitrogen and oxygen atoms in total. The van der Waals surface area contributed by atoms with E-state index in [4.69, 9.17) is 4.98 Å². The Hall–Kier alpha value is -5.70. The number of rotatable bonds is 6. The van der Waals surface area contributed by atoms with E-state index in [1.807, 2.05) is 54.6 Å². The van der Waals surface area contributed by atoms with E-state index < -0.39 is 0 Å². The minimum absolute atomic E-state index is 0.114. The second-order valence-corrected chi connectivity index (χ2v) is 9.65. The fourth-order valence-corrected chi connectivity index (χ4v) is 4.95. The van der Waals surface area contributed by atoms with Crippen LogP contribution in [0, 0.1) is 5.82 Å². The second kappa shape index (κ2) is 10.1. The molecule has 0 radical (unpaired) electrons. The highest BCUT2D eigenvalue weighted by Crippen LogP contribution is 2.33. The van der Waals surface area contributed by atoms with Crippen molar-refractivity contribution in [3.8, 4) is 33.8 Å². The van der Waals surface area contributed by atoms with E-state index in [9.17, 15) is 9.18 Å². The molecule has 0 unspecified atom stereocenters. The molecule has 3 aromatic carbocycles. The largest absolute Gasteiger partial charge is 0.335 e. The predicted molar refractivity (Wildman–Crippen MR) is 156 cm³/mol. The maximum Gasteiger partial charge on any atom is 0.228 e. The van der Waals surface area contributed by atoms with Crippen LogP contribution in [0.1, 0.15) is 5.56 Å². The first-order valence-corrected chi connectivity index (χ1v) is 13.0. The highest BCUT2D eigenvalue weighted by molar-refractivity contribution is 5.98. The molecule has 9 heteroatoms. The van der Waals surface area contributed by atoms with Crippen LogP contribution in [0.2, 0.25) is 0 Å². The topological polar surface area (TPSA) is 112 Å². The van der Waals surface area contributed by atoms with Crippen LogP contribution in [-0.2, 0) is 11.2 Å². The quantitative estimate of drug-likeness (QED) is 0.222. The summed E-state index contributed by atoms with van der Waals surface area (Å²) in [5, 5.41) is 11.4. The van der Waals surface area contributed by atoms with Gasteiger partial charge in [0.2, 0.25) is 5.91 Å². The molecular weight excluding hydrogens is 517 g/mol. The molecule has 0 aliphatic carbocycles. The van der Waals surface area contributed by atoms with Crippen molar-refractivity contribution in [2.45, 2.75) is 6.42 Å². The lowest BCUT2D eigenvalue weighted by molar-refractivity contribution is -0.115. The maximum absolute atomic E-state index is 14.6. The van der Waals surface area contributed by atoms with E-state index in [0.717, 1.165) is 27.6 Å². The number of aromatic nitrogens is 6. The number of carbonyl (C=O) groups excluding carboxylic acids is 1. The third kappa shape index (κ3) is 4.70. The van der Waals surface area contributed by atoms with Crippen molar-refractivity contribution >= 4 is 33.5 Å². The number of aromatic amines is 2. The van der Waals surface area contributed by atoms with E-state index in [2.05, 4.69) is 30.5 Å². The van der Waals surface area contributed by atoms with Gasteiger partial charge in [-0.25, -0.2) is 9.37 Å². The van der Waals surface area contributed by atoms with Crippen LogP contribution in [0.5, 0.6) is 0 Å². The third-order valence-corrected chi connectivity index (χ3v) is 6.91. The molecule has 3 N–H and O–H groups in total. The molecule has 1 amide bonds. The summed E-state index contributed by atoms with van der Waals surface area (Å²) in [5.74, 6) is 0.0826. The number of imidazole rings is 1. The number of nitrogens with one attached hydrogen (secondary N) is 3. The Balaban J connectivity index is 1.22. The van der Waals surface area contributed by atoms with Crippen LogP contribution in [-0.4, -0.2) is 36.0 Å². The van der Waals surface area contributed by atoms with Crippen molar-refractivity contribution in [1.29, 1.82) is 0 Å². The fourth-order valence-electron chi connectivity index (χ4n) is 4.95. The number of pyridine rings is 2. The molecule has 0 aliphatic rings. The smallest absolute Gasteiger partial charge is 0.228 e. The van der Waals surface area contributed by atoms with Gasteiger partial charge in [-0.05, 0) is 35.4 Å². The summed E-state index contributed by atoms with van der Waals surface area (Å²) in [4.78, 5) is 29.3. The summed E-state index contributed by atoms with van der Waals surface area (Å²) >= 11 is 0. The standard InChI is InChI=1S/C32H22FN7O/c33-26-9-5-4-8-23(26)25-17-35-18-28-30(25)38-32(37-28)31-24-14-20(10-11-27(24)39-40-31)21-13-22(16-34-15-21)36-29(41)12-19-6-2-1-3-7-19/h1-11,13-18H,12H2,(H,36,41)(H,37,38)(H,39,40). The molecule has 7 aromatic rings. The minimum atomic E-state index is -0.340. The number of fused-ring (bicyclic) bond motifs is 2. The summed E-state index contributed by atoms with van der Waals surface area (Å²) in [5.41, 5.74) is 7.06. The van der Waals surface area contributed by atoms with E-state index in [0.29, 0.717) is 39.4 Å². The highest BCUT2D eigenvalue weighted by Gasteiger charge is 2.17. The normalized spacial score (nSPS) is 11.2. The van der Waals surface area contributed by atoms with Gasteiger partial charge in [-0.2, -0.15) is 5.10 Å². The summed E-state index contributed by atoms with van der Waals surface area (Å²) in [6.07, 6.45) is 6.94. The zero-order valence-electron chi connectivity index (χ0n) is 21.6. The molecule has 0 atom stereocenters. The molecule has 198 valence electrons. The Morgan fingerprint density at radius 2 is 1.63 bits per heavy atom. The van der Waals surface area contributed by atoms with Crippen molar-refractivity contribution < 1.29 is 9.18 Å². The van der Waals surface area contributed by atoms with Gasteiger partial charge >= 0.3 is 0 Å². The lowest BCUT2D eigenvalue weighted by Crippen LogP contribution is -2.14. The number of benzene rings is 3. The Morgan fingerprint density at radius 3 is 2.51 bits per heavy atom. The Labute approximate surface area is 233 Å². The van der Waals surface area contributed by atoms with Gasteiger partial charge < -0.3 is 10.3 Å². The maximum atomic E-state index is 14.6. The van der Waals surface area contributed by atoms with Crippen LogP contribution >= 0.6 is 0 Å². The molecule has 41 heavy (non-hydrogen) atoms. The van der Waals surface area contributed by atoms with E-state index in [1.54, 1.807) is 43.0 Å². The van der Waals surface area contributed by atoms with Gasteiger partial charge in [0, 0.05) is 34.5 Å². The molecule has 0 saturated carbocycles. The van der Waals surface area contributed by atoms with Crippen LogP contribution < -0.4 is 5.32 Å². The zero-order valence-corrected chi connectivity index (χ0v) is 21.6. The molecular formula is C32H22FN7O. The molecule has 7 rings (SSSR count). The Morgan fingerprint density at radius 1 is 0.805 bits per heavy atom. The van der Waals surface area contributed by atoms with Gasteiger partial charge in [0.15, 0.2) is 5.82 Å². The van der Waals surface area contributed by atoms with Crippen molar-refractivity contribution in [3.05, 3.63) is 115 Å². The van der Waals surface area contributed by atoms with Crippen LogP contribution in [0.3, 0.4) is 0 Å². The first kappa shape index (κ1) is 24.3. The van der Waals surface area contributed by atoms with Gasteiger partial charge in [-0.1, -0.05) is 54.6 Å². The van der Waals surface area contributed by atoms with Crippen LogP contribution in [0.15, 0.2) is 104 Å². The predicted octanol–water partition coefficient (Wildman–Crippen LogP) is 6.55. The zero-order chi connectivity index (χ0) is 27.8. The van der Waals surface area contributed by atoms with Gasteiger partial charge in [-0.15, -0.1) is 0 Å². The fraction of sp³-hybridized carbons (Fsp3) is 0.0312. The average Bonchev–Trinajstić information content (AvgIpc) is 3.62. The average molecular weight is 540 g/mol. The summed E-state index contributed by atoms with van der Waals surface area (Å²) < 4.78 is 14.6. The highest BCUT2D eigenvalue weighted by atomic mass is 19.1. The molecule has 0 saturated heterocycles. The Bertz CT molecular complexity index is 2050. The summed E-state index contributed by atoms with van der Waals surface area (Å²) in [7, 11) is 0. The number of halogens is 1. The van der Waals surface area contributed by atoms with Gasteiger partial charge in [0.25, 0.3) is 0 Å². The van der Waals surface area contributed by atoms with Crippen LogP contribution in [0.25, 0.3) is 55.7 Å². The monoisotopic (exact) mass is 539 g/mol. The number of hydrogen-bond donors (Lipinski definition) is 3. The van der Waals surface area contributed by atoms with E-state index in [-0.39, 0.29) is 18.1 Å². The SMILES string of the molecule is O=C(Cc1ccccc1)Nc1cncc(-c2ccc3[nH]nc(-c4nc5c(-c6ccccc6F)cncc5[nH]4)c3c2)c1. The van der Waals surface area contributed by atoms with Gasteiger partial charge in [0.1, 0.15) is 17.0 Å².